The average Bonchev–Trinajstić information content (AvgIpc) is 2.46. The molecular weight excluding hydrogens is 250 g/mol. The Labute approximate surface area is 121 Å². The van der Waals surface area contributed by atoms with Crippen LogP contribution in [-0.2, 0) is 6.42 Å². The van der Waals surface area contributed by atoms with Gasteiger partial charge in [-0.05, 0) is 32.7 Å². The molecular formula is C15H25N5. The fourth-order valence-electron chi connectivity index (χ4n) is 3.65. The Hall–Kier alpha value is -1.36. The first-order valence-corrected chi connectivity index (χ1v) is 7.80. The number of piperazine rings is 1. The lowest BCUT2D eigenvalue weighted by Crippen LogP contribution is -2.59. The van der Waals surface area contributed by atoms with E-state index >= 15 is 0 Å². The number of nitrogens with zero attached hydrogens (tertiary/aromatic N) is 4. The van der Waals surface area contributed by atoms with Crippen molar-refractivity contribution in [2.75, 3.05) is 30.3 Å². The summed E-state index contributed by atoms with van der Waals surface area (Å²) in [4.78, 5) is 13.8. The van der Waals surface area contributed by atoms with Crippen LogP contribution in [0.15, 0.2) is 6.33 Å². The van der Waals surface area contributed by atoms with Gasteiger partial charge < -0.3 is 10.6 Å². The molecule has 2 fully saturated rings. The second kappa shape index (κ2) is 5.56. The van der Waals surface area contributed by atoms with Gasteiger partial charge in [-0.2, -0.15) is 0 Å². The standard InChI is InChI=1S/C15H25N5/c1-3-13-14(16)17-10-18-15(13)20-9-12-6-4-5-7-19(12)8-11(20)2/h10-12H,3-9H2,1-2H3,(H2,16,17,18). The maximum absolute atomic E-state index is 6.03. The van der Waals surface area contributed by atoms with E-state index in [1.807, 2.05) is 0 Å². The minimum atomic E-state index is 0.490. The normalized spacial score (nSPS) is 27.4. The van der Waals surface area contributed by atoms with Crippen LogP contribution in [0, 0.1) is 0 Å². The molecule has 5 heteroatoms. The highest BCUT2D eigenvalue weighted by molar-refractivity contribution is 5.57. The van der Waals surface area contributed by atoms with E-state index in [1.165, 1.54) is 25.8 Å². The Balaban J connectivity index is 1.88. The predicted octanol–water partition coefficient (Wildman–Crippen LogP) is 1.68. The summed E-state index contributed by atoms with van der Waals surface area (Å²) >= 11 is 0. The van der Waals surface area contributed by atoms with Gasteiger partial charge in [0.05, 0.1) is 0 Å². The Kier molecular flexibility index (Phi) is 3.78. The van der Waals surface area contributed by atoms with E-state index in [9.17, 15) is 0 Å². The highest BCUT2D eigenvalue weighted by Crippen LogP contribution is 2.30. The summed E-state index contributed by atoms with van der Waals surface area (Å²) in [6.45, 7) is 7.89. The molecule has 0 aromatic carbocycles. The molecule has 2 aliphatic heterocycles. The number of anilines is 2. The lowest BCUT2D eigenvalue weighted by molar-refractivity contribution is 0.115. The molecule has 2 atom stereocenters. The number of nitrogens with two attached hydrogens (primary N) is 1. The number of nitrogen functional groups attached to an aromatic ring is 1. The third kappa shape index (κ3) is 2.35. The molecule has 110 valence electrons. The van der Waals surface area contributed by atoms with Gasteiger partial charge in [-0.15, -0.1) is 0 Å². The zero-order valence-corrected chi connectivity index (χ0v) is 12.5. The molecule has 0 amide bonds. The van der Waals surface area contributed by atoms with Gasteiger partial charge in [-0.3, -0.25) is 4.90 Å². The van der Waals surface area contributed by atoms with Crippen molar-refractivity contribution in [3.05, 3.63) is 11.9 Å². The molecule has 2 N–H and O–H groups in total. The number of hydrogen-bond donors (Lipinski definition) is 1. The zero-order chi connectivity index (χ0) is 14.1. The minimum Gasteiger partial charge on any atom is -0.383 e. The molecule has 3 heterocycles. The molecule has 0 bridgehead atoms. The number of aromatic nitrogens is 2. The van der Waals surface area contributed by atoms with Crippen LogP contribution in [0.4, 0.5) is 11.6 Å². The van der Waals surface area contributed by atoms with Crippen LogP contribution < -0.4 is 10.6 Å². The van der Waals surface area contributed by atoms with Crippen LogP contribution in [0.2, 0.25) is 0 Å². The van der Waals surface area contributed by atoms with Crippen LogP contribution >= 0.6 is 0 Å². The number of rotatable bonds is 2. The monoisotopic (exact) mass is 275 g/mol. The van der Waals surface area contributed by atoms with Crippen LogP contribution in [0.3, 0.4) is 0 Å². The van der Waals surface area contributed by atoms with Gasteiger partial charge >= 0.3 is 0 Å². The first-order chi connectivity index (χ1) is 9.70. The van der Waals surface area contributed by atoms with Crippen molar-refractivity contribution in [1.82, 2.24) is 14.9 Å². The summed E-state index contributed by atoms with van der Waals surface area (Å²) in [5, 5.41) is 0. The van der Waals surface area contributed by atoms with E-state index in [0.717, 1.165) is 30.9 Å². The molecule has 5 nitrogen and oxygen atoms in total. The second-order valence-corrected chi connectivity index (χ2v) is 6.06. The molecule has 0 spiro atoms. The molecule has 3 rings (SSSR count). The van der Waals surface area contributed by atoms with Crippen LogP contribution in [0.1, 0.15) is 38.7 Å². The molecule has 0 saturated carbocycles. The van der Waals surface area contributed by atoms with Crippen LogP contribution in [0.5, 0.6) is 0 Å². The van der Waals surface area contributed by atoms with Gasteiger partial charge in [-0.1, -0.05) is 13.3 Å². The zero-order valence-electron chi connectivity index (χ0n) is 12.5. The highest BCUT2D eigenvalue weighted by atomic mass is 15.3. The molecule has 20 heavy (non-hydrogen) atoms. The summed E-state index contributed by atoms with van der Waals surface area (Å²) < 4.78 is 0. The third-order valence-electron chi connectivity index (χ3n) is 4.77. The van der Waals surface area contributed by atoms with Gasteiger partial charge in [0.15, 0.2) is 0 Å². The number of piperidine rings is 1. The predicted molar refractivity (Wildman–Crippen MR) is 81.8 cm³/mol. The van der Waals surface area contributed by atoms with Crippen LogP contribution in [-0.4, -0.2) is 46.6 Å². The fraction of sp³-hybridized carbons (Fsp3) is 0.733. The topological polar surface area (TPSA) is 58.3 Å². The van der Waals surface area contributed by atoms with E-state index < -0.39 is 0 Å². The molecule has 2 unspecified atom stereocenters. The Morgan fingerprint density at radius 3 is 2.95 bits per heavy atom. The number of fused-ring (bicyclic) bond motifs is 1. The first-order valence-electron chi connectivity index (χ1n) is 7.80. The Morgan fingerprint density at radius 1 is 1.30 bits per heavy atom. The van der Waals surface area contributed by atoms with Crippen molar-refractivity contribution in [2.24, 2.45) is 0 Å². The molecule has 1 aromatic rings. The van der Waals surface area contributed by atoms with Crippen molar-refractivity contribution in [1.29, 1.82) is 0 Å². The maximum Gasteiger partial charge on any atom is 0.137 e. The lowest BCUT2D eigenvalue weighted by Gasteiger charge is -2.48. The van der Waals surface area contributed by atoms with Crippen molar-refractivity contribution in [3.8, 4) is 0 Å². The van der Waals surface area contributed by atoms with Crippen molar-refractivity contribution in [3.63, 3.8) is 0 Å². The molecule has 2 aliphatic rings. The van der Waals surface area contributed by atoms with Crippen molar-refractivity contribution < 1.29 is 0 Å². The van der Waals surface area contributed by atoms with Crippen molar-refractivity contribution >= 4 is 11.6 Å². The largest absolute Gasteiger partial charge is 0.383 e. The minimum absolute atomic E-state index is 0.490. The van der Waals surface area contributed by atoms with Gasteiger partial charge in [0.2, 0.25) is 0 Å². The van der Waals surface area contributed by atoms with E-state index in [2.05, 4.69) is 33.6 Å². The third-order valence-corrected chi connectivity index (χ3v) is 4.77. The fourth-order valence-corrected chi connectivity index (χ4v) is 3.65. The van der Waals surface area contributed by atoms with Gasteiger partial charge in [0.1, 0.15) is 18.0 Å². The smallest absolute Gasteiger partial charge is 0.137 e. The molecule has 2 saturated heterocycles. The summed E-state index contributed by atoms with van der Waals surface area (Å²) in [5.74, 6) is 1.69. The summed E-state index contributed by atoms with van der Waals surface area (Å²) in [7, 11) is 0. The second-order valence-electron chi connectivity index (χ2n) is 6.06. The van der Waals surface area contributed by atoms with Gasteiger partial charge in [0, 0.05) is 30.7 Å². The van der Waals surface area contributed by atoms with Gasteiger partial charge in [-0.25, -0.2) is 9.97 Å². The van der Waals surface area contributed by atoms with E-state index in [-0.39, 0.29) is 0 Å². The molecule has 0 aliphatic carbocycles. The quantitative estimate of drug-likeness (QED) is 0.890. The van der Waals surface area contributed by atoms with Crippen molar-refractivity contribution in [2.45, 2.75) is 51.6 Å². The number of hydrogen-bond acceptors (Lipinski definition) is 5. The van der Waals surface area contributed by atoms with Gasteiger partial charge in [0.25, 0.3) is 0 Å². The summed E-state index contributed by atoms with van der Waals surface area (Å²) in [6.07, 6.45) is 6.51. The lowest BCUT2D eigenvalue weighted by atomic mass is 9.96. The van der Waals surface area contributed by atoms with Crippen LogP contribution in [0.25, 0.3) is 0 Å². The first kappa shape index (κ1) is 13.6. The SMILES string of the molecule is CCc1c(N)ncnc1N1CC2CCCCN2CC1C. The summed E-state index contributed by atoms with van der Waals surface area (Å²) in [5.41, 5.74) is 7.13. The molecule has 0 radical (unpaired) electrons. The average molecular weight is 275 g/mol. The highest BCUT2D eigenvalue weighted by Gasteiger charge is 2.34. The molecule has 1 aromatic heterocycles. The van der Waals surface area contributed by atoms with E-state index in [4.69, 9.17) is 5.73 Å². The summed E-state index contributed by atoms with van der Waals surface area (Å²) in [6, 6.07) is 1.17. The maximum atomic E-state index is 6.03. The Bertz CT molecular complexity index is 475. The Morgan fingerprint density at radius 2 is 2.15 bits per heavy atom. The van der Waals surface area contributed by atoms with E-state index in [1.54, 1.807) is 6.33 Å². The van der Waals surface area contributed by atoms with E-state index in [0.29, 0.717) is 17.9 Å².